The van der Waals surface area contributed by atoms with Gasteiger partial charge in [-0.3, -0.25) is 10.1 Å². The van der Waals surface area contributed by atoms with E-state index >= 15 is 0 Å². The number of carbonyl (C=O) groups is 3. The Hall–Kier alpha value is -3.48. The summed E-state index contributed by atoms with van der Waals surface area (Å²) in [7, 11) is -3.79. The van der Waals surface area contributed by atoms with Gasteiger partial charge in [0.2, 0.25) is 10.0 Å². The van der Waals surface area contributed by atoms with Crippen molar-refractivity contribution in [2.45, 2.75) is 30.7 Å². The van der Waals surface area contributed by atoms with E-state index in [1.165, 1.54) is 16.4 Å². The van der Waals surface area contributed by atoms with Gasteiger partial charge in [0.05, 0.1) is 29.4 Å². The van der Waals surface area contributed by atoms with Gasteiger partial charge in [0.1, 0.15) is 0 Å². The third-order valence-corrected chi connectivity index (χ3v) is 8.27. The number of hydrogen-bond acceptors (Lipinski definition) is 8. The lowest BCUT2D eigenvalue weighted by Gasteiger charge is -2.31. The molecule has 0 unspecified atom stereocenters. The lowest BCUT2D eigenvalue weighted by atomic mass is 10.1. The van der Waals surface area contributed by atoms with Crippen LogP contribution in [-0.2, 0) is 30.8 Å². The van der Waals surface area contributed by atoms with Crippen molar-refractivity contribution in [3.63, 3.8) is 0 Å². The molecule has 4 rings (SSSR count). The molecule has 2 aromatic rings. The topological polar surface area (TPSA) is 134 Å². The van der Waals surface area contributed by atoms with Crippen molar-refractivity contribution < 1.29 is 32.3 Å². The van der Waals surface area contributed by atoms with Gasteiger partial charge in [-0.15, -0.1) is 0 Å². The highest BCUT2D eigenvalue weighted by Crippen LogP contribution is 2.28. The van der Waals surface area contributed by atoms with Crippen LogP contribution in [-0.4, -0.2) is 76.6 Å². The minimum atomic E-state index is -3.79. The number of piperidine rings is 1. The molecule has 0 saturated carbocycles. The number of ether oxygens (including phenoxy) is 2. The summed E-state index contributed by atoms with van der Waals surface area (Å²) in [5, 5.41) is 4.67. The zero-order chi connectivity index (χ0) is 27.0. The summed E-state index contributed by atoms with van der Waals surface area (Å²) in [6, 6.07) is 12.8. The van der Waals surface area contributed by atoms with Crippen LogP contribution in [0.3, 0.4) is 0 Å². The van der Waals surface area contributed by atoms with E-state index in [1.807, 2.05) is 35.2 Å². The number of amides is 3. The van der Waals surface area contributed by atoms with E-state index in [0.29, 0.717) is 45.1 Å². The molecule has 12 heteroatoms. The maximum absolute atomic E-state index is 13.2. The molecular formula is C26H32N4O7S. The molecule has 2 aliphatic rings. The van der Waals surface area contributed by atoms with Gasteiger partial charge in [-0.05, 0) is 36.6 Å². The minimum absolute atomic E-state index is 0.00639. The average molecular weight is 545 g/mol. The SMILES string of the molecule is O=C(COC(=O)c1cc(S(=O)(=O)N2CCCCC2)ccc1N1CCOCC1)NC(=O)NCc1ccccc1. The number of sulfonamides is 1. The quantitative estimate of drug-likeness (QED) is 0.481. The van der Waals surface area contributed by atoms with Crippen LogP contribution in [0.2, 0.25) is 0 Å². The van der Waals surface area contributed by atoms with Crippen LogP contribution in [0.4, 0.5) is 10.5 Å². The fourth-order valence-electron chi connectivity index (χ4n) is 4.37. The molecule has 0 radical (unpaired) electrons. The highest BCUT2D eigenvalue weighted by atomic mass is 32.2. The molecule has 0 aliphatic carbocycles. The van der Waals surface area contributed by atoms with Crippen LogP contribution in [0.15, 0.2) is 53.4 Å². The van der Waals surface area contributed by atoms with E-state index in [-0.39, 0.29) is 17.0 Å². The average Bonchev–Trinajstić information content (AvgIpc) is 2.96. The van der Waals surface area contributed by atoms with Crippen LogP contribution in [0.5, 0.6) is 0 Å². The Kier molecular flexibility index (Phi) is 9.32. The lowest BCUT2D eigenvalue weighted by Crippen LogP contribution is -2.41. The number of carbonyl (C=O) groups excluding carboxylic acids is 3. The Labute approximate surface area is 222 Å². The Morgan fingerprint density at radius 1 is 0.921 bits per heavy atom. The molecule has 204 valence electrons. The predicted octanol–water partition coefficient (Wildman–Crippen LogP) is 1.88. The lowest BCUT2D eigenvalue weighted by molar-refractivity contribution is -0.123. The van der Waals surface area contributed by atoms with Gasteiger partial charge in [0.15, 0.2) is 6.61 Å². The zero-order valence-electron chi connectivity index (χ0n) is 21.1. The van der Waals surface area contributed by atoms with Gasteiger partial charge in [-0.25, -0.2) is 18.0 Å². The first-order valence-electron chi connectivity index (χ1n) is 12.6. The minimum Gasteiger partial charge on any atom is -0.452 e. The standard InChI is InChI=1S/C26H32N4O7S/c31-24(28-26(33)27-18-20-7-3-1-4-8-20)19-37-25(32)22-17-21(38(34,35)30-11-5-2-6-12-30)9-10-23(22)29-13-15-36-16-14-29/h1,3-4,7-10,17H,2,5-6,11-16,18-19H2,(H2,27,28,31,33). The fraction of sp³-hybridized carbons (Fsp3) is 0.423. The summed E-state index contributed by atoms with van der Waals surface area (Å²) in [5.41, 5.74) is 1.39. The molecular weight excluding hydrogens is 512 g/mol. The molecule has 0 aromatic heterocycles. The first kappa shape index (κ1) is 27.6. The summed E-state index contributed by atoms with van der Waals surface area (Å²) < 4.78 is 38.5. The van der Waals surface area contributed by atoms with Crippen LogP contribution < -0.4 is 15.5 Å². The van der Waals surface area contributed by atoms with Gasteiger partial charge in [0.25, 0.3) is 5.91 Å². The molecule has 2 aromatic carbocycles. The smallest absolute Gasteiger partial charge is 0.340 e. The maximum Gasteiger partial charge on any atom is 0.340 e. The Morgan fingerprint density at radius 2 is 1.63 bits per heavy atom. The van der Waals surface area contributed by atoms with Crippen molar-refractivity contribution in [1.29, 1.82) is 0 Å². The third-order valence-electron chi connectivity index (χ3n) is 6.38. The second kappa shape index (κ2) is 12.9. The number of rotatable bonds is 8. The van der Waals surface area contributed by atoms with Crippen molar-refractivity contribution in [2.24, 2.45) is 0 Å². The van der Waals surface area contributed by atoms with E-state index in [0.717, 1.165) is 24.8 Å². The Morgan fingerprint density at radius 3 is 2.34 bits per heavy atom. The number of nitrogens with zero attached hydrogens (tertiary/aromatic N) is 2. The van der Waals surface area contributed by atoms with Crippen molar-refractivity contribution in [3.05, 3.63) is 59.7 Å². The summed E-state index contributed by atoms with van der Waals surface area (Å²) >= 11 is 0. The molecule has 2 aliphatic heterocycles. The van der Waals surface area contributed by atoms with Crippen LogP contribution >= 0.6 is 0 Å². The van der Waals surface area contributed by atoms with E-state index in [2.05, 4.69) is 10.6 Å². The van der Waals surface area contributed by atoms with Gasteiger partial charge >= 0.3 is 12.0 Å². The molecule has 0 bridgehead atoms. The molecule has 38 heavy (non-hydrogen) atoms. The number of benzene rings is 2. The first-order valence-corrected chi connectivity index (χ1v) is 14.0. The van der Waals surface area contributed by atoms with Crippen molar-refractivity contribution >= 4 is 33.6 Å². The molecule has 2 saturated heterocycles. The van der Waals surface area contributed by atoms with Gasteiger partial charge in [0, 0.05) is 32.7 Å². The van der Waals surface area contributed by atoms with Gasteiger partial charge in [-0.1, -0.05) is 36.8 Å². The largest absolute Gasteiger partial charge is 0.452 e. The summed E-state index contributed by atoms with van der Waals surface area (Å²) in [5.74, 6) is -1.67. The molecule has 3 amide bonds. The highest BCUT2D eigenvalue weighted by molar-refractivity contribution is 7.89. The van der Waals surface area contributed by atoms with E-state index in [1.54, 1.807) is 6.07 Å². The molecule has 2 heterocycles. The number of nitrogens with one attached hydrogen (secondary N) is 2. The Balaban J connectivity index is 1.43. The van der Waals surface area contributed by atoms with Crippen LogP contribution in [0, 0.1) is 0 Å². The van der Waals surface area contributed by atoms with Crippen LogP contribution in [0.25, 0.3) is 0 Å². The predicted molar refractivity (Wildman–Crippen MR) is 139 cm³/mol. The third kappa shape index (κ3) is 7.09. The van der Waals surface area contributed by atoms with E-state index in [9.17, 15) is 22.8 Å². The molecule has 0 spiro atoms. The summed E-state index contributed by atoms with van der Waals surface area (Å²) in [4.78, 5) is 39.3. The fourth-order valence-corrected chi connectivity index (χ4v) is 5.91. The second-order valence-corrected chi connectivity index (χ2v) is 11.0. The van der Waals surface area contributed by atoms with Gasteiger partial charge in [-0.2, -0.15) is 4.31 Å². The number of esters is 1. The zero-order valence-corrected chi connectivity index (χ0v) is 21.9. The summed E-state index contributed by atoms with van der Waals surface area (Å²) in [6.07, 6.45) is 2.55. The molecule has 2 fully saturated rings. The highest BCUT2D eigenvalue weighted by Gasteiger charge is 2.29. The monoisotopic (exact) mass is 544 g/mol. The van der Waals surface area contributed by atoms with Gasteiger partial charge < -0.3 is 19.7 Å². The van der Waals surface area contributed by atoms with Crippen LogP contribution in [0.1, 0.15) is 35.2 Å². The van der Waals surface area contributed by atoms with E-state index in [4.69, 9.17) is 9.47 Å². The van der Waals surface area contributed by atoms with Crippen molar-refractivity contribution in [1.82, 2.24) is 14.9 Å². The molecule has 2 N–H and O–H groups in total. The Bertz CT molecular complexity index is 1240. The number of hydrogen-bond donors (Lipinski definition) is 2. The summed E-state index contributed by atoms with van der Waals surface area (Å²) in [6.45, 7) is 2.33. The number of urea groups is 1. The van der Waals surface area contributed by atoms with Crippen molar-refractivity contribution in [3.8, 4) is 0 Å². The molecule has 11 nitrogen and oxygen atoms in total. The second-order valence-electron chi connectivity index (χ2n) is 9.04. The van der Waals surface area contributed by atoms with Crippen molar-refractivity contribution in [2.75, 3.05) is 50.9 Å². The number of anilines is 1. The number of imide groups is 1. The molecule has 0 atom stereocenters. The van der Waals surface area contributed by atoms with E-state index < -0.39 is 34.5 Å². The normalized spacial score (nSPS) is 16.5. The number of morpholine rings is 1. The maximum atomic E-state index is 13.2. The first-order chi connectivity index (χ1) is 18.3.